The molecule has 0 saturated carbocycles. The molecule has 0 unspecified atom stereocenters. The Bertz CT molecular complexity index is 298. The van der Waals surface area contributed by atoms with Crippen molar-refractivity contribution in [1.29, 1.82) is 0 Å². The van der Waals surface area contributed by atoms with E-state index in [4.69, 9.17) is 5.11 Å². The van der Waals surface area contributed by atoms with E-state index in [1.165, 1.54) is 17.7 Å². The molecule has 0 aromatic heterocycles. The van der Waals surface area contributed by atoms with E-state index in [2.05, 4.69) is 0 Å². The molecule has 1 N–H and O–H groups in total. The van der Waals surface area contributed by atoms with Crippen molar-refractivity contribution in [1.82, 2.24) is 9.80 Å². The standard InChI is InChI=1S/C12H20N2O3/c15-11(16)10-6-5-9-14(10)12(17)13-7-3-1-2-4-8-13/h10H,1-9H2,(H,15,16)/t10-/m0/s1. The molecule has 2 rings (SSSR count). The van der Waals surface area contributed by atoms with Gasteiger partial charge in [-0.3, -0.25) is 0 Å². The molecular weight excluding hydrogens is 220 g/mol. The summed E-state index contributed by atoms with van der Waals surface area (Å²) in [7, 11) is 0. The van der Waals surface area contributed by atoms with Crippen LogP contribution in [0.15, 0.2) is 0 Å². The van der Waals surface area contributed by atoms with E-state index in [-0.39, 0.29) is 6.03 Å². The highest BCUT2D eigenvalue weighted by Crippen LogP contribution is 2.21. The predicted molar refractivity (Wildman–Crippen MR) is 62.8 cm³/mol. The maximum absolute atomic E-state index is 12.3. The number of carbonyl (C=O) groups is 2. The second-order valence-electron chi connectivity index (χ2n) is 4.87. The Balaban J connectivity index is 2.00. The van der Waals surface area contributed by atoms with Gasteiger partial charge in [-0.15, -0.1) is 0 Å². The lowest BCUT2D eigenvalue weighted by Crippen LogP contribution is -2.48. The van der Waals surface area contributed by atoms with Crippen molar-refractivity contribution in [2.75, 3.05) is 19.6 Å². The third-order valence-electron chi connectivity index (χ3n) is 3.66. The van der Waals surface area contributed by atoms with Crippen LogP contribution in [0.2, 0.25) is 0 Å². The molecule has 96 valence electrons. The summed E-state index contributed by atoms with van der Waals surface area (Å²) in [6.45, 7) is 2.15. The van der Waals surface area contributed by atoms with Crippen molar-refractivity contribution in [2.24, 2.45) is 0 Å². The van der Waals surface area contributed by atoms with Crippen LogP contribution in [0.25, 0.3) is 0 Å². The first-order valence-corrected chi connectivity index (χ1v) is 6.48. The summed E-state index contributed by atoms with van der Waals surface area (Å²) in [6.07, 6.45) is 5.82. The third-order valence-corrected chi connectivity index (χ3v) is 3.66. The summed E-state index contributed by atoms with van der Waals surface area (Å²) >= 11 is 0. The van der Waals surface area contributed by atoms with E-state index in [0.717, 1.165) is 32.4 Å². The monoisotopic (exact) mass is 240 g/mol. The molecular formula is C12H20N2O3. The SMILES string of the molecule is O=C(O)[C@@H]1CCCN1C(=O)N1CCCCCC1. The second kappa shape index (κ2) is 5.38. The van der Waals surface area contributed by atoms with Gasteiger partial charge in [0, 0.05) is 19.6 Å². The number of carboxylic acid groups (broad SMARTS) is 1. The van der Waals surface area contributed by atoms with Gasteiger partial charge in [0.25, 0.3) is 0 Å². The van der Waals surface area contributed by atoms with Gasteiger partial charge in [-0.25, -0.2) is 9.59 Å². The van der Waals surface area contributed by atoms with Crippen LogP contribution in [0.4, 0.5) is 4.79 Å². The molecule has 0 radical (unpaired) electrons. The largest absolute Gasteiger partial charge is 0.480 e. The third kappa shape index (κ3) is 2.70. The summed E-state index contributed by atoms with van der Waals surface area (Å²) < 4.78 is 0. The topological polar surface area (TPSA) is 60.9 Å². The van der Waals surface area contributed by atoms with Crippen LogP contribution >= 0.6 is 0 Å². The molecule has 0 bridgehead atoms. The number of urea groups is 1. The lowest BCUT2D eigenvalue weighted by atomic mass is 10.2. The van der Waals surface area contributed by atoms with Crippen LogP contribution < -0.4 is 0 Å². The van der Waals surface area contributed by atoms with E-state index < -0.39 is 12.0 Å². The first-order chi connectivity index (χ1) is 8.20. The maximum atomic E-state index is 12.3. The van der Waals surface area contributed by atoms with Gasteiger partial charge in [-0.05, 0) is 25.7 Å². The number of hydrogen-bond donors (Lipinski definition) is 1. The van der Waals surface area contributed by atoms with Crippen molar-refractivity contribution >= 4 is 12.0 Å². The number of amides is 2. The molecule has 0 spiro atoms. The fourth-order valence-corrected chi connectivity index (χ4v) is 2.70. The average Bonchev–Trinajstić information content (AvgIpc) is 2.64. The molecule has 2 aliphatic heterocycles. The van der Waals surface area contributed by atoms with Gasteiger partial charge in [-0.1, -0.05) is 12.8 Å². The lowest BCUT2D eigenvalue weighted by Gasteiger charge is -2.29. The van der Waals surface area contributed by atoms with Crippen LogP contribution in [0.3, 0.4) is 0 Å². The molecule has 5 heteroatoms. The molecule has 2 fully saturated rings. The quantitative estimate of drug-likeness (QED) is 0.756. The van der Waals surface area contributed by atoms with Gasteiger partial charge in [0.2, 0.25) is 0 Å². The minimum absolute atomic E-state index is 0.0724. The summed E-state index contributed by atoms with van der Waals surface area (Å²) in [5.41, 5.74) is 0. The Morgan fingerprint density at radius 1 is 0.941 bits per heavy atom. The maximum Gasteiger partial charge on any atom is 0.326 e. The van der Waals surface area contributed by atoms with Gasteiger partial charge in [0.1, 0.15) is 6.04 Å². The second-order valence-corrected chi connectivity index (χ2v) is 4.87. The molecule has 5 nitrogen and oxygen atoms in total. The van der Waals surface area contributed by atoms with Crippen molar-refractivity contribution in [3.8, 4) is 0 Å². The van der Waals surface area contributed by atoms with E-state index in [1.807, 2.05) is 4.90 Å². The normalized spacial score (nSPS) is 25.8. The van der Waals surface area contributed by atoms with Crippen molar-refractivity contribution in [3.05, 3.63) is 0 Å². The number of nitrogens with zero attached hydrogens (tertiary/aromatic N) is 2. The number of rotatable bonds is 1. The number of likely N-dealkylation sites (tertiary alicyclic amines) is 2. The van der Waals surface area contributed by atoms with Crippen LogP contribution in [0, 0.1) is 0 Å². The van der Waals surface area contributed by atoms with Gasteiger partial charge < -0.3 is 14.9 Å². The number of carbonyl (C=O) groups excluding carboxylic acids is 1. The zero-order chi connectivity index (χ0) is 12.3. The summed E-state index contributed by atoms with van der Waals surface area (Å²) in [6, 6.07) is -0.678. The highest BCUT2D eigenvalue weighted by Gasteiger charge is 2.36. The first-order valence-electron chi connectivity index (χ1n) is 6.48. The molecule has 1 atom stereocenters. The fourth-order valence-electron chi connectivity index (χ4n) is 2.70. The summed E-state index contributed by atoms with van der Waals surface area (Å²) in [5, 5.41) is 9.07. The number of hydrogen-bond acceptors (Lipinski definition) is 2. The Morgan fingerprint density at radius 2 is 1.59 bits per heavy atom. The average molecular weight is 240 g/mol. The van der Waals surface area contributed by atoms with E-state index in [9.17, 15) is 9.59 Å². The smallest absolute Gasteiger partial charge is 0.326 e. The molecule has 0 aromatic rings. The highest BCUT2D eigenvalue weighted by atomic mass is 16.4. The highest BCUT2D eigenvalue weighted by molar-refractivity contribution is 5.83. The molecule has 2 amide bonds. The summed E-state index contributed by atoms with van der Waals surface area (Å²) in [5.74, 6) is -0.870. The van der Waals surface area contributed by atoms with Crippen LogP contribution in [-0.4, -0.2) is 52.6 Å². The minimum Gasteiger partial charge on any atom is -0.480 e. The fraction of sp³-hybridized carbons (Fsp3) is 0.833. The zero-order valence-electron chi connectivity index (χ0n) is 10.1. The Kier molecular flexibility index (Phi) is 3.86. The molecule has 2 heterocycles. The Hall–Kier alpha value is -1.26. The Labute approximate surface area is 101 Å². The first kappa shape index (κ1) is 12.2. The zero-order valence-corrected chi connectivity index (χ0v) is 10.1. The molecule has 2 aliphatic rings. The van der Waals surface area contributed by atoms with Gasteiger partial charge in [-0.2, -0.15) is 0 Å². The van der Waals surface area contributed by atoms with Gasteiger partial charge >= 0.3 is 12.0 Å². The van der Waals surface area contributed by atoms with Gasteiger partial charge in [0.05, 0.1) is 0 Å². The predicted octanol–water partition coefficient (Wildman–Crippen LogP) is 1.53. The van der Waals surface area contributed by atoms with Crippen molar-refractivity contribution in [3.63, 3.8) is 0 Å². The van der Waals surface area contributed by atoms with E-state index >= 15 is 0 Å². The van der Waals surface area contributed by atoms with Crippen LogP contribution in [-0.2, 0) is 4.79 Å². The van der Waals surface area contributed by atoms with E-state index in [1.54, 1.807) is 0 Å². The van der Waals surface area contributed by atoms with Crippen molar-refractivity contribution < 1.29 is 14.7 Å². The Morgan fingerprint density at radius 3 is 2.18 bits per heavy atom. The van der Waals surface area contributed by atoms with Crippen LogP contribution in [0.5, 0.6) is 0 Å². The number of carboxylic acids is 1. The molecule has 0 aliphatic carbocycles. The molecule has 0 aromatic carbocycles. The van der Waals surface area contributed by atoms with Crippen LogP contribution in [0.1, 0.15) is 38.5 Å². The lowest BCUT2D eigenvalue weighted by molar-refractivity contribution is -0.141. The molecule has 17 heavy (non-hydrogen) atoms. The molecule has 2 saturated heterocycles. The minimum atomic E-state index is -0.870. The van der Waals surface area contributed by atoms with Crippen molar-refractivity contribution in [2.45, 2.75) is 44.6 Å². The number of aliphatic carboxylic acids is 1. The van der Waals surface area contributed by atoms with Gasteiger partial charge in [0.15, 0.2) is 0 Å². The van der Waals surface area contributed by atoms with E-state index in [0.29, 0.717) is 13.0 Å². The summed E-state index contributed by atoms with van der Waals surface area (Å²) in [4.78, 5) is 26.7.